The molecule has 0 aliphatic heterocycles. The number of hydrogen-bond donors (Lipinski definition) is 2. The van der Waals surface area contributed by atoms with Crippen LogP contribution in [0, 0.1) is 6.92 Å². The van der Waals surface area contributed by atoms with Crippen molar-refractivity contribution >= 4 is 27.7 Å². The van der Waals surface area contributed by atoms with Crippen LogP contribution < -0.4 is 10.6 Å². The Morgan fingerprint density at radius 3 is 2.88 bits per heavy atom. The first-order valence-electron chi connectivity index (χ1n) is 5.71. The van der Waals surface area contributed by atoms with Crippen LogP contribution in [-0.4, -0.2) is 23.5 Å². The molecule has 0 aliphatic rings. The number of hydrogen-bond acceptors (Lipinski definition) is 3. The summed E-state index contributed by atoms with van der Waals surface area (Å²) < 4.78 is 0.868. The van der Waals surface area contributed by atoms with Crippen molar-refractivity contribution in [2.75, 3.05) is 11.9 Å². The molecular weight excluding hydrogens is 282 g/mol. The Morgan fingerprint density at radius 2 is 2.29 bits per heavy atom. The van der Waals surface area contributed by atoms with E-state index >= 15 is 0 Å². The van der Waals surface area contributed by atoms with Gasteiger partial charge in [-0.2, -0.15) is 0 Å². The van der Waals surface area contributed by atoms with Gasteiger partial charge < -0.3 is 10.6 Å². The topological polar surface area (TPSA) is 54.0 Å². The second kappa shape index (κ2) is 6.59. The molecule has 2 N–H and O–H groups in total. The maximum absolute atomic E-state index is 11.7. The molecule has 0 fully saturated rings. The number of nitrogens with zero attached hydrogens (tertiary/aromatic N) is 1. The minimum Gasteiger partial charge on any atom is -0.358 e. The summed E-state index contributed by atoms with van der Waals surface area (Å²) in [5, 5.41) is 5.91. The Labute approximate surface area is 110 Å². The molecule has 5 heteroatoms. The SMILES string of the molecule is CCCNC(=O)C(C)Nc1ncc(C)cc1Br. The molecule has 0 saturated carbocycles. The Kier molecular flexibility index (Phi) is 5.41. The van der Waals surface area contributed by atoms with E-state index in [9.17, 15) is 4.79 Å². The average molecular weight is 300 g/mol. The summed E-state index contributed by atoms with van der Waals surface area (Å²) in [7, 11) is 0. The molecule has 0 aromatic carbocycles. The second-order valence-electron chi connectivity index (χ2n) is 4.00. The first-order chi connectivity index (χ1) is 8.04. The van der Waals surface area contributed by atoms with Gasteiger partial charge in [-0.3, -0.25) is 4.79 Å². The average Bonchev–Trinajstić information content (AvgIpc) is 2.29. The predicted molar refractivity (Wildman–Crippen MR) is 73.1 cm³/mol. The van der Waals surface area contributed by atoms with E-state index < -0.39 is 0 Å². The summed E-state index contributed by atoms with van der Waals surface area (Å²) in [5.74, 6) is 0.677. The maximum atomic E-state index is 11.7. The highest BCUT2D eigenvalue weighted by Gasteiger charge is 2.13. The van der Waals surface area contributed by atoms with Gasteiger partial charge in [0, 0.05) is 12.7 Å². The van der Waals surface area contributed by atoms with Crippen molar-refractivity contribution in [3.8, 4) is 0 Å². The lowest BCUT2D eigenvalue weighted by Gasteiger charge is -2.15. The second-order valence-corrected chi connectivity index (χ2v) is 4.85. The Balaban J connectivity index is 2.61. The third-order valence-electron chi connectivity index (χ3n) is 2.27. The van der Waals surface area contributed by atoms with Crippen molar-refractivity contribution in [1.82, 2.24) is 10.3 Å². The number of carbonyl (C=O) groups is 1. The van der Waals surface area contributed by atoms with Crippen LogP contribution in [0.1, 0.15) is 25.8 Å². The van der Waals surface area contributed by atoms with Crippen LogP contribution in [0.25, 0.3) is 0 Å². The molecule has 0 saturated heterocycles. The quantitative estimate of drug-likeness (QED) is 0.878. The lowest BCUT2D eigenvalue weighted by molar-refractivity contribution is -0.121. The molecule has 0 aliphatic carbocycles. The van der Waals surface area contributed by atoms with Gasteiger partial charge in [-0.1, -0.05) is 6.92 Å². The fourth-order valence-corrected chi connectivity index (χ4v) is 1.89. The number of nitrogens with one attached hydrogen (secondary N) is 2. The number of amides is 1. The summed E-state index contributed by atoms with van der Waals surface area (Å²) in [4.78, 5) is 15.9. The van der Waals surface area contributed by atoms with Gasteiger partial charge in [0.05, 0.1) is 4.47 Å². The molecule has 1 aromatic heterocycles. The first-order valence-corrected chi connectivity index (χ1v) is 6.50. The van der Waals surface area contributed by atoms with Gasteiger partial charge in [-0.15, -0.1) is 0 Å². The minimum atomic E-state index is -0.298. The van der Waals surface area contributed by atoms with Crippen molar-refractivity contribution < 1.29 is 4.79 Å². The van der Waals surface area contributed by atoms with E-state index in [1.165, 1.54) is 0 Å². The molecule has 1 aromatic rings. The maximum Gasteiger partial charge on any atom is 0.242 e. The molecular formula is C12H18BrN3O. The number of anilines is 1. The lowest BCUT2D eigenvalue weighted by atomic mass is 10.3. The largest absolute Gasteiger partial charge is 0.358 e. The third kappa shape index (κ3) is 4.34. The molecule has 4 nitrogen and oxygen atoms in total. The van der Waals surface area contributed by atoms with Crippen molar-refractivity contribution in [3.63, 3.8) is 0 Å². The molecule has 1 unspecified atom stereocenters. The number of carbonyl (C=O) groups excluding carboxylic acids is 1. The Bertz CT molecular complexity index is 395. The molecule has 1 heterocycles. The van der Waals surface area contributed by atoms with E-state index in [1.807, 2.05) is 26.8 Å². The molecule has 0 spiro atoms. The van der Waals surface area contributed by atoms with Crippen LogP contribution in [0.4, 0.5) is 5.82 Å². The zero-order valence-corrected chi connectivity index (χ0v) is 12.0. The first kappa shape index (κ1) is 14.0. The van der Waals surface area contributed by atoms with Crippen molar-refractivity contribution in [2.45, 2.75) is 33.2 Å². The molecule has 0 radical (unpaired) electrons. The molecule has 1 rings (SSSR count). The highest BCUT2D eigenvalue weighted by molar-refractivity contribution is 9.10. The van der Waals surface area contributed by atoms with Gasteiger partial charge in [0.1, 0.15) is 11.9 Å². The van der Waals surface area contributed by atoms with Gasteiger partial charge >= 0.3 is 0 Å². The Morgan fingerprint density at radius 1 is 1.59 bits per heavy atom. The molecule has 94 valence electrons. The van der Waals surface area contributed by atoms with Crippen LogP contribution >= 0.6 is 15.9 Å². The summed E-state index contributed by atoms with van der Waals surface area (Å²) in [5.41, 5.74) is 1.07. The number of aromatic nitrogens is 1. The van der Waals surface area contributed by atoms with E-state index in [1.54, 1.807) is 6.20 Å². The van der Waals surface area contributed by atoms with E-state index in [2.05, 4.69) is 31.5 Å². The van der Waals surface area contributed by atoms with Crippen molar-refractivity contribution in [2.24, 2.45) is 0 Å². The predicted octanol–water partition coefficient (Wildman–Crippen LogP) is 2.48. The highest BCUT2D eigenvalue weighted by Crippen LogP contribution is 2.20. The zero-order valence-electron chi connectivity index (χ0n) is 10.4. The number of halogens is 1. The van der Waals surface area contributed by atoms with Gasteiger partial charge in [0.15, 0.2) is 0 Å². The molecule has 17 heavy (non-hydrogen) atoms. The lowest BCUT2D eigenvalue weighted by Crippen LogP contribution is -2.38. The summed E-state index contributed by atoms with van der Waals surface area (Å²) in [6, 6.07) is 1.67. The number of aryl methyl sites for hydroxylation is 1. The minimum absolute atomic E-state index is 0.0128. The van der Waals surface area contributed by atoms with E-state index in [4.69, 9.17) is 0 Å². The summed E-state index contributed by atoms with van der Waals surface area (Å²) in [6.45, 7) is 6.52. The van der Waals surface area contributed by atoms with E-state index in [0.717, 1.165) is 16.5 Å². The fraction of sp³-hybridized carbons (Fsp3) is 0.500. The zero-order chi connectivity index (χ0) is 12.8. The standard InChI is InChI=1S/C12H18BrN3O/c1-4-5-14-12(17)9(3)16-11-10(13)6-8(2)7-15-11/h6-7,9H,4-5H2,1-3H3,(H,14,17)(H,15,16). The number of pyridine rings is 1. The van der Waals surface area contributed by atoms with Gasteiger partial charge in [0.2, 0.25) is 5.91 Å². The van der Waals surface area contributed by atoms with Crippen molar-refractivity contribution in [3.05, 3.63) is 22.3 Å². The summed E-state index contributed by atoms with van der Waals surface area (Å²) in [6.07, 6.45) is 2.70. The highest BCUT2D eigenvalue weighted by atomic mass is 79.9. The van der Waals surface area contributed by atoms with Crippen LogP contribution in [0.5, 0.6) is 0 Å². The monoisotopic (exact) mass is 299 g/mol. The van der Waals surface area contributed by atoms with Crippen LogP contribution in [-0.2, 0) is 4.79 Å². The summed E-state index contributed by atoms with van der Waals surface area (Å²) >= 11 is 3.42. The third-order valence-corrected chi connectivity index (χ3v) is 2.88. The van der Waals surface area contributed by atoms with Crippen LogP contribution in [0.3, 0.4) is 0 Å². The molecule has 1 atom stereocenters. The fourth-order valence-electron chi connectivity index (χ4n) is 1.31. The van der Waals surface area contributed by atoms with Gasteiger partial charge in [-0.25, -0.2) is 4.98 Å². The van der Waals surface area contributed by atoms with Crippen LogP contribution in [0.15, 0.2) is 16.7 Å². The molecule has 1 amide bonds. The normalized spacial score (nSPS) is 12.0. The van der Waals surface area contributed by atoms with Crippen molar-refractivity contribution in [1.29, 1.82) is 0 Å². The molecule has 0 bridgehead atoms. The van der Waals surface area contributed by atoms with Crippen LogP contribution in [0.2, 0.25) is 0 Å². The number of rotatable bonds is 5. The Hall–Kier alpha value is -1.10. The van der Waals surface area contributed by atoms with E-state index in [0.29, 0.717) is 12.4 Å². The smallest absolute Gasteiger partial charge is 0.242 e. The van der Waals surface area contributed by atoms with Gasteiger partial charge in [0.25, 0.3) is 0 Å². The van der Waals surface area contributed by atoms with Gasteiger partial charge in [-0.05, 0) is 47.8 Å². The van der Waals surface area contributed by atoms with E-state index in [-0.39, 0.29) is 11.9 Å².